The van der Waals surface area contributed by atoms with Gasteiger partial charge in [-0.05, 0) is 30.3 Å². The molecule has 0 atom stereocenters. The number of nitrogen functional groups attached to an aromatic ring is 1. The second-order valence-electron chi connectivity index (χ2n) is 3.87. The normalized spacial score (nSPS) is 11.3. The number of sulfonamides is 1. The van der Waals surface area contributed by atoms with Gasteiger partial charge in [0.15, 0.2) is 0 Å². The summed E-state index contributed by atoms with van der Waals surface area (Å²) >= 11 is 5.94. The fourth-order valence-electron chi connectivity index (χ4n) is 1.54. The van der Waals surface area contributed by atoms with Crippen LogP contribution < -0.4 is 10.0 Å². The zero-order valence-electron chi connectivity index (χ0n) is 10.1. The topological polar surface area (TPSA) is 76.3 Å². The molecule has 1 heterocycles. The number of pyridine rings is 1. The van der Waals surface area contributed by atoms with Crippen LogP contribution in [-0.2, 0) is 10.0 Å². The van der Waals surface area contributed by atoms with Crippen LogP contribution in [0.15, 0.2) is 47.6 Å². The number of rotatable bonds is 3. The van der Waals surface area contributed by atoms with Gasteiger partial charge in [0.25, 0.3) is 10.0 Å². The maximum atomic E-state index is 12.5. The van der Waals surface area contributed by atoms with Gasteiger partial charge in [0, 0.05) is 18.9 Å². The standard InChI is InChI=1S/C12H12ClN3O2S/c1-16(10-3-2-6-15-8-10)19(17,18)12-7-9(14)4-5-11(12)13/h2-8H,14H2,1H3. The molecule has 2 aromatic rings. The predicted molar refractivity (Wildman–Crippen MR) is 75.7 cm³/mol. The molecule has 0 bridgehead atoms. The van der Waals surface area contributed by atoms with E-state index in [4.69, 9.17) is 17.3 Å². The molecule has 7 heteroatoms. The van der Waals surface area contributed by atoms with Crippen LogP contribution in [0.25, 0.3) is 0 Å². The van der Waals surface area contributed by atoms with Crippen molar-refractivity contribution in [1.82, 2.24) is 4.98 Å². The van der Waals surface area contributed by atoms with E-state index in [1.807, 2.05) is 0 Å². The van der Waals surface area contributed by atoms with Gasteiger partial charge in [-0.3, -0.25) is 9.29 Å². The average Bonchev–Trinajstić information content (AvgIpc) is 2.41. The Kier molecular flexibility index (Phi) is 3.64. The number of anilines is 2. The largest absolute Gasteiger partial charge is 0.399 e. The maximum absolute atomic E-state index is 12.5. The van der Waals surface area contributed by atoms with Gasteiger partial charge in [-0.1, -0.05) is 11.6 Å². The van der Waals surface area contributed by atoms with E-state index in [9.17, 15) is 8.42 Å². The van der Waals surface area contributed by atoms with E-state index in [2.05, 4.69) is 4.98 Å². The predicted octanol–water partition coefficient (Wildman–Crippen LogP) is 2.14. The molecule has 0 unspecified atom stereocenters. The highest BCUT2D eigenvalue weighted by atomic mass is 35.5. The van der Waals surface area contributed by atoms with Crippen molar-refractivity contribution in [3.05, 3.63) is 47.7 Å². The summed E-state index contributed by atoms with van der Waals surface area (Å²) in [5.74, 6) is 0. The summed E-state index contributed by atoms with van der Waals surface area (Å²) in [5, 5.41) is 0.130. The summed E-state index contributed by atoms with van der Waals surface area (Å²) in [6.45, 7) is 0. The van der Waals surface area contributed by atoms with Crippen LogP contribution in [0, 0.1) is 0 Å². The Morgan fingerprint density at radius 1 is 1.32 bits per heavy atom. The lowest BCUT2D eigenvalue weighted by atomic mass is 10.3. The fourth-order valence-corrected chi connectivity index (χ4v) is 3.23. The summed E-state index contributed by atoms with van der Waals surface area (Å²) in [6, 6.07) is 7.64. The fraction of sp³-hybridized carbons (Fsp3) is 0.0833. The highest BCUT2D eigenvalue weighted by Crippen LogP contribution is 2.28. The summed E-state index contributed by atoms with van der Waals surface area (Å²) in [5.41, 5.74) is 6.39. The van der Waals surface area contributed by atoms with Crippen molar-refractivity contribution in [2.45, 2.75) is 4.90 Å². The number of halogens is 1. The highest BCUT2D eigenvalue weighted by molar-refractivity contribution is 7.93. The summed E-state index contributed by atoms with van der Waals surface area (Å²) in [4.78, 5) is 3.86. The Morgan fingerprint density at radius 2 is 2.05 bits per heavy atom. The van der Waals surface area contributed by atoms with Crippen LogP contribution in [0.4, 0.5) is 11.4 Å². The second-order valence-corrected chi connectivity index (χ2v) is 6.22. The molecule has 2 rings (SSSR count). The van der Waals surface area contributed by atoms with Gasteiger partial charge < -0.3 is 5.73 Å². The van der Waals surface area contributed by atoms with Gasteiger partial charge >= 0.3 is 0 Å². The molecule has 19 heavy (non-hydrogen) atoms. The van der Waals surface area contributed by atoms with Crippen LogP contribution >= 0.6 is 11.6 Å². The molecular weight excluding hydrogens is 286 g/mol. The Bertz CT molecular complexity index is 689. The quantitative estimate of drug-likeness (QED) is 0.881. The molecule has 100 valence electrons. The van der Waals surface area contributed by atoms with E-state index >= 15 is 0 Å². The lowest BCUT2D eigenvalue weighted by molar-refractivity contribution is 0.594. The van der Waals surface area contributed by atoms with Crippen LogP contribution in [0.2, 0.25) is 5.02 Å². The lowest BCUT2D eigenvalue weighted by Crippen LogP contribution is -2.27. The number of aromatic nitrogens is 1. The number of hydrogen-bond donors (Lipinski definition) is 1. The van der Waals surface area contributed by atoms with Crippen molar-refractivity contribution in [2.75, 3.05) is 17.1 Å². The second kappa shape index (κ2) is 5.07. The molecule has 1 aromatic carbocycles. The molecule has 0 aliphatic heterocycles. The van der Waals surface area contributed by atoms with Gasteiger partial charge in [0.05, 0.1) is 16.9 Å². The molecule has 0 aliphatic rings. The van der Waals surface area contributed by atoms with E-state index in [1.165, 1.54) is 25.4 Å². The Balaban J connectivity index is 2.51. The van der Waals surface area contributed by atoms with E-state index < -0.39 is 10.0 Å². The number of nitrogens with zero attached hydrogens (tertiary/aromatic N) is 2. The number of nitrogens with two attached hydrogens (primary N) is 1. The first-order valence-corrected chi connectivity index (χ1v) is 7.18. The van der Waals surface area contributed by atoms with E-state index in [0.717, 1.165) is 4.31 Å². The van der Waals surface area contributed by atoms with Gasteiger partial charge in [0.1, 0.15) is 4.90 Å². The van der Waals surface area contributed by atoms with Crippen molar-refractivity contribution in [1.29, 1.82) is 0 Å². The molecule has 0 aliphatic carbocycles. The van der Waals surface area contributed by atoms with E-state index in [-0.39, 0.29) is 9.92 Å². The van der Waals surface area contributed by atoms with Crippen LogP contribution in [0.1, 0.15) is 0 Å². The maximum Gasteiger partial charge on any atom is 0.265 e. The molecule has 5 nitrogen and oxygen atoms in total. The third-order valence-electron chi connectivity index (χ3n) is 2.60. The lowest BCUT2D eigenvalue weighted by Gasteiger charge is -2.19. The molecule has 0 saturated heterocycles. The molecular formula is C12H12ClN3O2S. The molecule has 0 saturated carbocycles. The van der Waals surface area contributed by atoms with Gasteiger partial charge in [-0.15, -0.1) is 0 Å². The minimum absolute atomic E-state index is 0.0273. The van der Waals surface area contributed by atoms with Crippen molar-refractivity contribution in [3.63, 3.8) is 0 Å². The number of benzene rings is 1. The third kappa shape index (κ3) is 2.64. The van der Waals surface area contributed by atoms with Crippen molar-refractivity contribution < 1.29 is 8.42 Å². The Morgan fingerprint density at radius 3 is 2.68 bits per heavy atom. The summed E-state index contributed by atoms with van der Waals surface area (Å²) < 4.78 is 26.0. The summed E-state index contributed by atoms with van der Waals surface area (Å²) in [6.07, 6.45) is 3.02. The van der Waals surface area contributed by atoms with Gasteiger partial charge in [-0.25, -0.2) is 8.42 Å². The van der Waals surface area contributed by atoms with E-state index in [1.54, 1.807) is 24.4 Å². The van der Waals surface area contributed by atoms with Crippen molar-refractivity contribution in [2.24, 2.45) is 0 Å². The van der Waals surface area contributed by atoms with Gasteiger partial charge in [-0.2, -0.15) is 0 Å². The zero-order chi connectivity index (χ0) is 14.0. The third-order valence-corrected chi connectivity index (χ3v) is 4.87. The Hall–Kier alpha value is -1.79. The molecule has 0 spiro atoms. The molecule has 0 amide bonds. The van der Waals surface area contributed by atoms with E-state index in [0.29, 0.717) is 11.4 Å². The molecule has 2 N–H and O–H groups in total. The highest BCUT2D eigenvalue weighted by Gasteiger charge is 2.24. The Labute approximate surface area is 116 Å². The van der Waals surface area contributed by atoms with Crippen molar-refractivity contribution >= 4 is 33.0 Å². The molecule has 0 radical (unpaired) electrons. The minimum atomic E-state index is -3.76. The zero-order valence-corrected chi connectivity index (χ0v) is 11.7. The SMILES string of the molecule is CN(c1cccnc1)S(=O)(=O)c1cc(N)ccc1Cl. The smallest absolute Gasteiger partial charge is 0.265 e. The monoisotopic (exact) mass is 297 g/mol. The van der Waals surface area contributed by atoms with Crippen LogP contribution in [0.3, 0.4) is 0 Å². The van der Waals surface area contributed by atoms with Crippen molar-refractivity contribution in [3.8, 4) is 0 Å². The first kappa shape index (κ1) is 13.6. The summed E-state index contributed by atoms with van der Waals surface area (Å²) in [7, 11) is -2.33. The average molecular weight is 298 g/mol. The van der Waals surface area contributed by atoms with Crippen LogP contribution in [-0.4, -0.2) is 20.4 Å². The first-order chi connectivity index (χ1) is 8.93. The first-order valence-electron chi connectivity index (χ1n) is 5.37. The minimum Gasteiger partial charge on any atom is -0.399 e. The molecule has 0 fully saturated rings. The van der Waals surface area contributed by atoms with Crippen LogP contribution in [0.5, 0.6) is 0 Å². The number of hydrogen-bond acceptors (Lipinski definition) is 4. The molecule has 1 aromatic heterocycles. The van der Waals surface area contributed by atoms with Gasteiger partial charge in [0.2, 0.25) is 0 Å².